The van der Waals surface area contributed by atoms with Gasteiger partial charge >= 0.3 is 5.97 Å². The number of benzene rings is 3. The molecule has 0 aliphatic carbocycles. The second-order valence-electron chi connectivity index (χ2n) is 7.07. The normalized spacial score (nSPS) is 10.5. The monoisotopic (exact) mass is 424 g/mol. The SMILES string of the molecule is COC(=O)c1nn(CC(=O)c2ccccc2)c(-c2ccccc2)c1C(=O)c1ccccc1. The maximum atomic E-state index is 13.5. The van der Waals surface area contributed by atoms with E-state index < -0.39 is 5.97 Å². The lowest BCUT2D eigenvalue weighted by molar-refractivity contribution is 0.0589. The minimum absolute atomic E-state index is 0.107. The summed E-state index contributed by atoms with van der Waals surface area (Å²) in [6.45, 7) is -0.139. The van der Waals surface area contributed by atoms with E-state index in [4.69, 9.17) is 4.74 Å². The number of rotatable bonds is 7. The van der Waals surface area contributed by atoms with E-state index in [-0.39, 0.29) is 29.4 Å². The van der Waals surface area contributed by atoms with E-state index in [9.17, 15) is 14.4 Å². The molecular weight excluding hydrogens is 404 g/mol. The summed E-state index contributed by atoms with van der Waals surface area (Å²) in [6.07, 6.45) is 0. The van der Waals surface area contributed by atoms with Gasteiger partial charge < -0.3 is 4.74 Å². The van der Waals surface area contributed by atoms with E-state index in [2.05, 4.69) is 5.10 Å². The number of nitrogens with zero attached hydrogens (tertiary/aromatic N) is 2. The third-order valence-corrected chi connectivity index (χ3v) is 5.03. The fourth-order valence-electron chi connectivity index (χ4n) is 3.51. The minimum Gasteiger partial charge on any atom is -0.464 e. The Hall–Kier alpha value is -4.32. The molecular formula is C26H20N2O4. The quantitative estimate of drug-likeness (QED) is 0.324. The molecule has 0 radical (unpaired) electrons. The molecule has 0 saturated carbocycles. The van der Waals surface area contributed by atoms with Crippen LogP contribution in [-0.2, 0) is 11.3 Å². The molecule has 4 aromatic rings. The average Bonchev–Trinajstić information content (AvgIpc) is 3.23. The first kappa shape index (κ1) is 20.9. The Morgan fingerprint density at radius 2 is 1.31 bits per heavy atom. The van der Waals surface area contributed by atoms with Gasteiger partial charge in [0.2, 0.25) is 0 Å². The van der Waals surface area contributed by atoms with Crippen LogP contribution in [-0.4, -0.2) is 34.4 Å². The van der Waals surface area contributed by atoms with Gasteiger partial charge in [-0.3, -0.25) is 14.3 Å². The van der Waals surface area contributed by atoms with Gasteiger partial charge in [0, 0.05) is 16.7 Å². The molecule has 0 saturated heterocycles. The summed E-state index contributed by atoms with van der Waals surface area (Å²) in [5, 5.41) is 4.37. The first-order chi connectivity index (χ1) is 15.6. The van der Waals surface area contributed by atoms with Crippen molar-refractivity contribution in [3.63, 3.8) is 0 Å². The molecule has 0 N–H and O–H groups in total. The molecule has 6 nitrogen and oxygen atoms in total. The van der Waals surface area contributed by atoms with E-state index in [1.165, 1.54) is 11.8 Å². The number of ketones is 2. The molecule has 0 bridgehead atoms. The van der Waals surface area contributed by atoms with Gasteiger partial charge in [-0.15, -0.1) is 0 Å². The summed E-state index contributed by atoms with van der Waals surface area (Å²) in [4.78, 5) is 39.0. The van der Waals surface area contributed by atoms with Crippen LogP contribution in [0.15, 0.2) is 91.0 Å². The van der Waals surface area contributed by atoms with E-state index >= 15 is 0 Å². The van der Waals surface area contributed by atoms with Crippen LogP contribution in [0.25, 0.3) is 11.3 Å². The fraction of sp³-hybridized carbons (Fsp3) is 0.0769. The summed E-state index contributed by atoms with van der Waals surface area (Å²) in [5.41, 5.74) is 1.96. The zero-order chi connectivity index (χ0) is 22.5. The molecule has 4 rings (SSSR count). The third-order valence-electron chi connectivity index (χ3n) is 5.03. The Balaban J connectivity index is 1.91. The highest BCUT2D eigenvalue weighted by Crippen LogP contribution is 2.29. The molecule has 0 fully saturated rings. The molecule has 0 aliphatic rings. The van der Waals surface area contributed by atoms with Gasteiger partial charge in [-0.2, -0.15) is 5.10 Å². The van der Waals surface area contributed by atoms with Gasteiger partial charge in [-0.1, -0.05) is 91.0 Å². The molecule has 1 heterocycles. The lowest BCUT2D eigenvalue weighted by atomic mass is 9.97. The topological polar surface area (TPSA) is 78.3 Å². The van der Waals surface area contributed by atoms with Crippen LogP contribution in [0.1, 0.15) is 36.8 Å². The maximum Gasteiger partial charge on any atom is 0.359 e. The number of carbonyl (C=O) groups excluding carboxylic acids is 3. The van der Waals surface area contributed by atoms with E-state index in [1.54, 1.807) is 54.6 Å². The zero-order valence-electron chi connectivity index (χ0n) is 17.4. The molecule has 0 amide bonds. The Kier molecular flexibility index (Phi) is 6.03. The van der Waals surface area contributed by atoms with Gasteiger partial charge in [0.1, 0.15) is 6.54 Å². The number of aromatic nitrogens is 2. The molecule has 0 spiro atoms. The molecule has 1 aromatic heterocycles. The Morgan fingerprint density at radius 3 is 1.88 bits per heavy atom. The average molecular weight is 424 g/mol. The van der Waals surface area contributed by atoms with Crippen LogP contribution in [0.2, 0.25) is 0 Å². The van der Waals surface area contributed by atoms with Gasteiger partial charge in [-0.25, -0.2) is 4.79 Å². The van der Waals surface area contributed by atoms with E-state index in [0.29, 0.717) is 22.4 Å². The predicted octanol–water partition coefficient (Wildman–Crippen LogP) is 4.45. The van der Waals surface area contributed by atoms with Crippen LogP contribution in [0.5, 0.6) is 0 Å². The van der Waals surface area contributed by atoms with Crippen molar-refractivity contribution in [1.82, 2.24) is 9.78 Å². The molecule has 0 atom stereocenters. The van der Waals surface area contributed by atoms with Crippen molar-refractivity contribution in [3.8, 4) is 11.3 Å². The van der Waals surface area contributed by atoms with Crippen LogP contribution in [0.3, 0.4) is 0 Å². The predicted molar refractivity (Wildman–Crippen MR) is 120 cm³/mol. The smallest absolute Gasteiger partial charge is 0.359 e. The molecule has 0 unspecified atom stereocenters. The van der Waals surface area contributed by atoms with Crippen molar-refractivity contribution < 1.29 is 19.1 Å². The number of ether oxygens (including phenoxy) is 1. The van der Waals surface area contributed by atoms with Crippen molar-refractivity contribution >= 4 is 17.5 Å². The molecule has 3 aromatic carbocycles. The molecule has 32 heavy (non-hydrogen) atoms. The Morgan fingerprint density at radius 1 is 0.781 bits per heavy atom. The van der Waals surface area contributed by atoms with E-state index in [0.717, 1.165) is 0 Å². The van der Waals surface area contributed by atoms with E-state index in [1.807, 2.05) is 36.4 Å². The number of hydrogen-bond acceptors (Lipinski definition) is 5. The maximum absolute atomic E-state index is 13.5. The number of methoxy groups -OCH3 is 1. The van der Waals surface area contributed by atoms with Crippen molar-refractivity contribution in [2.24, 2.45) is 0 Å². The van der Waals surface area contributed by atoms with Crippen molar-refractivity contribution in [1.29, 1.82) is 0 Å². The summed E-state index contributed by atoms with van der Waals surface area (Å²) in [7, 11) is 1.23. The van der Waals surface area contributed by atoms with Gasteiger partial charge in [0.15, 0.2) is 17.3 Å². The standard InChI is InChI=1S/C26H20N2O4/c1-32-26(31)23-22(25(30)20-15-9-4-10-16-20)24(19-13-7-3-8-14-19)28(27-23)17-21(29)18-11-5-2-6-12-18/h2-16H,17H2,1H3. The minimum atomic E-state index is -0.743. The molecule has 158 valence electrons. The largest absolute Gasteiger partial charge is 0.464 e. The van der Waals surface area contributed by atoms with Crippen LogP contribution in [0, 0.1) is 0 Å². The summed E-state index contributed by atoms with van der Waals surface area (Å²) in [5.74, 6) is -1.31. The van der Waals surface area contributed by atoms with Crippen LogP contribution in [0.4, 0.5) is 0 Å². The van der Waals surface area contributed by atoms with Gasteiger partial charge in [0.05, 0.1) is 18.4 Å². The lowest BCUT2D eigenvalue weighted by Crippen LogP contribution is -2.14. The fourth-order valence-corrected chi connectivity index (χ4v) is 3.51. The Labute approximate surface area is 185 Å². The van der Waals surface area contributed by atoms with Crippen LogP contribution >= 0.6 is 0 Å². The van der Waals surface area contributed by atoms with Gasteiger partial charge in [-0.05, 0) is 0 Å². The summed E-state index contributed by atoms with van der Waals surface area (Å²) in [6, 6.07) is 26.5. The number of carbonyl (C=O) groups is 3. The number of hydrogen-bond donors (Lipinski definition) is 0. The van der Waals surface area contributed by atoms with Crippen molar-refractivity contribution in [2.75, 3.05) is 7.11 Å². The highest BCUT2D eigenvalue weighted by atomic mass is 16.5. The summed E-state index contributed by atoms with van der Waals surface area (Å²) < 4.78 is 6.31. The van der Waals surface area contributed by atoms with Crippen molar-refractivity contribution in [3.05, 3.63) is 113 Å². The third kappa shape index (κ3) is 4.11. The zero-order valence-corrected chi connectivity index (χ0v) is 17.4. The number of esters is 1. The first-order valence-electron chi connectivity index (χ1n) is 10.0. The van der Waals surface area contributed by atoms with Crippen LogP contribution < -0.4 is 0 Å². The summed E-state index contributed by atoms with van der Waals surface area (Å²) >= 11 is 0. The lowest BCUT2D eigenvalue weighted by Gasteiger charge is -2.10. The highest BCUT2D eigenvalue weighted by molar-refractivity contribution is 6.17. The Bertz CT molecular complexity index is 1260. The highest BCUT2D eigenvalue weighted by Gasteiger charge is 2.30. The number of Topliss-reactive ketones (excluding diaryl/α,β-unsaturated/α-hetero) is 1. The second kappa shape index (κ2) is 9.22. The molecule has 0 aliphatic heterocycles. The van der Waals surface area contributed by atoms with Crippen molar-refractivity contribution in [2.45, 2.75) is 6.54 Å². The first-order valence-corrected chi connectivity index (χ1v) is 10.0. The molecule has 6 heteroatoms. The second-order valence-corrected chi connectivity index (χ2v) is 7.07. The van der Waals surface area contributed by atoms with Gasteiger partial charge in [0.25, 0.3) is 0 Å².